The second-order valence-corrected chi connectivity index (χ2v) is 9.72. The molecule has 34 heavy (non-hydrogen) atoms. The predicted molar refractivity (Wildman–Crippen MR) is 128 cm³/mol. The van der Waals surface area contributed by atoms with Gasteiger partial charge in [-0.2, -0.15) is 0 Å². The SMILES string of the molecule is Cc1ccc(CNC(=O)CN2C(=O)N(c3ccc(C)cc3)C(=O)C3OC4CCCCC4C32)cc1. The lowest BCUT2D eigenvalue weighted by Gasteiger charge is -2.42. The Morgan fingerprint density at radius 3 is 2.32 bits per heavy atom. The Labute approximate surface area is 200 Å². The van der Waals surface area contributed by atoms with E-state index in [2.05, 4.69) is 5.32 Å². The number of rotatable bonds is 5. The van der Waals surface area contributed by atoms with E-state index in [4.69, 9.17) is 4.74 Å². The van der Waals surface area contributed by atoms with Crippen LogP contribution in [0.2, 0.25) is 0 Å². The lowest BCUT2D eigenvalue weighted by atomic mass is 9.81. The molecule has 0 radical (unpaired) electrons. The van der Waals surface area contributed by atoms with Crippen LogP contribution in [0.15, 0.2) is 48.5 Å². The van der Waals surface area contributed by atoms with Gasteiger partial charge in [-0.25, -0.2) is 9.69 Å². The lowest BCUT2D eigenvalue weighted by Crippen LogP contribution is -2.66. The zero-order chi connectivity index (χ0) is 23.8. The summed E-state index contributed by atoms with van der Waals surface area (Å²) in [4.78, 5) is 42.9. The number of aryl methyl sites for hydroxylation is 2. The Kier molecular flexibility index (Phi) is 6.13. The molecule has 4 atom stereocenters. The first-order valence-electron chi connectivity index (χ1n) is 12.1. The molecule has 7 heteroatoms. The average molecular weight is 462 g/mol. The van der Waals surface area contributed by atoms with Gasteiger partial charge in [0.05, 0.1) is 17.8 Å². The van der Waals surface area contributed by atoms with Crippen LogP contribution < -0.4 is 10.2 Å². The van der Waals surface area contributed by atoms with Crippen molar-refractivity contribution in [2.24, 2.45) is 5.92 Å². The number of nitrogens with zero attached hydrogens (tertiary/aromatic N) is 2. The van der Waals surface area contributed by atoms with Gasteiger partial charge in [-0.15, -0.1) is 0 Å². The highest BCUT2D eigenvalue weighted by Gasteiger charge is 2.57. The smallest absolute Gasteiger partial charge is 0.332 e. The Bertz CT molecular complexity index is 1080. The van der Waals surface area contributed by atoms with Gasteiger partial charge in [-0.3, -0.25) is 9.59 Å². The van der Waals surface area contributed by atoms with Crippen LogP contribution in [0.5, 0.6) is 0 Å². The molecule has 2 saturated heterocycles. The summed E-state index contributed by atoms with van der Waals surface area (Å²) in [6.45, 7) is 4.26. The monoisotopic (exact) mass is 461 g/mol. The molecule has 3 fully saturated rings. The van der Waals surface area contributed by atoms with E-state index in [0.717, 1.165) is 42.4 Å². The lowest BCUT2D eigenvalue weighted by molar-refractivity contribution is -0.134. The number of anilines is 1. The highest BCUT2D eigenvalue weighted by molar-refractivity contribution is 6.18. The van der Waals surface area contributed by atoms with Gasteiger partial charge in [0, 0.05) is 12.5 Å². The number of ether oxygens (including phenoxy) is 1. The molecule has 5 rings (SSSR count). The third-order valence-electron chi connectivity index (χ3n) is 7.30. The van der Waals surface area contributed by atoms with Crippen molar-refractivity contribution in [2.75, 3.05) is 11.4 Å². The molecule has 0 bridgehead atoms. The maximum atomic E-state index is 13.7. The minimum absolute atomic E-state index is 0.0448. The van der Waals surface area contributed by atoms with Gasteiger partial charge < -0.3 is 15.0 Å². The molecule has 2 heterocycles. The highest BCUT2D eigenvalue weighted by atomic mass is 16.5. The number of nitrogens with one attached hydrogen (secondary N) is 1. The summed E-state index contributed by atoms with van der Waals surface area (Å²) < 4.78 is 6.24. The Morgan fingerprint density at radius 2 is 1.62 bits per heavy atom. The Hall–Kier alpha value is -3.19. The normalized spacial score (nSPS) is 26.3. The molecule has 7 nitrogen and oxygen atoms in total. The van der Waals surface area contributed by atoms with Crippen LogP contribution in [-0.4, -0.2) is 47.5 Å². The van der Waals surface area contributed by atoms with Crippen molar-refractivity contribution in [3.63, 3.8) is 0 Å². The van der Waals surface area contributed by atoms with Crippen LogP contribution in [-0.2, 0) is 20.9 Å². The number of hydrogen-bond acceptors (Lipinski definition) is 4. The van der Waals surface area contributed by atoms with E-state index in [1.165, 1.54) is 4.90 Å². The Morgan fingerprint density at radius 1 is 0.971 bits per heavy atom. The zero-order valence-electron chi connectivity index (χ0n) is 19.7. The van der Waals surface area contributed by atoms with E-state index in [1.54, 1.807) is 17.0 Å². The fourth-order valence-corrected chi connectivity index (χ4v) is 5.48. The maximum absolute atomic E-state index is 13.7. The number of carbonyl (C=O) groups is 3. The van der Waals surface area contributed by atoms with Gasteiger partial charge in [0.2, 0.25) is 5.91 Å². The van der Waals surface area contributed by atoms with Gasteiger partial charge in [0.25, 0.3) is 5.91 Å². The first-order chi connectivity index (χ1) is 16.4. The van der Waals surface area contributed by atoms with E-state index < -0.39 is 18.2 Å². The molecular weight excluding hydrogens is 430 g/mol. The number of amides is 4. The summed E-state index contributed by atoms with van der Waals surface area (Å²) in [6.07, 6.45) is 3.11. The second-order valence-electron chi connectivity index (χ2n) is 9.72. The molecule has 4 amide bonds. The van der Waals surface area contributed by atoms with Gasteiger partial charge in [-0.05, 0) is 44.4 Å². The quantitative estimate of drug-likeness (QED) is 0.736. The first-order valence-corrected chi connectivity index (χ1v) is 12.1. The van der Waals surface area contributed by atoms with Crippen LogP contribution in [0.4, 0.5) is 10.5 Å². The number of carbonyl (C=O) groups excluding carboxylic acids is 3. The average Bonchev–Trinajstić information content (AvgIpc) is 3.23. The molecule has 1 aliphatic carbocycles. The molecular formula is C27H31N3O4. The van der Waals surface area contributed by atoms with E-state index >= 15 is 0 Å². The highest BCUT2D eigenvalue weighted by Crippen LogP contribution is 2.43. The summed E-state index contributed by atoms with van der Waals surface area (Å²) in [5, 5.41) is 2.93. The summed E-state index contributed by atoms with van der Waals surface area (Å²) in [5.74, 6) is -0.494. The van der Waals surface area contributed by atoms with E-state index in [-0.39, 0.29) is 30.4 Å². The largest absolute Gasteiger partial charge is 0.363 e. The van der Waals surface area contributed by atoms with Gasteiger partial charge in [0.15, 0.2) is 6.10 Å². The minimum Gasteiger partial charge on any atom is -0.363 e. The number of urea groups is 1. The van der Waals surface area contributed by atoms with Crippen LogP contribution >= 0.6 is 0 Å². The fraction of sp³-hybridized carbons (Fsp3) is 0.444. The molecule has 2 aromatic carbocycles. The molecule has 4 unspecified atom stereocenters. The van der Waals surface area contributed by atoms with Crippen LogP contribution in [0.3, 0.4) is 0 Å². The molecule has 0 aromatic heterocycles. The van der Waals surface area contributed by atoms with E-state index in [0.29, 0.717) is 12.2 Å². The third kappa shape index (κ3) is 4.20. The number of hydrogen-bond donors (Lipinski definition) is 1. The molecule has 2 aromatic rings. The summed E-state index contributed by atoms with van der Waals surface area (Å²) in [6, 6.07) is 14.4. The molecule has 1 N–H and O–H groups in total. The zero-order valence-corrected chi connectivity index (χ0v) is 19.7. The topological polar surface area (TPSA) is 79.0 Å². The molecule has 3 aliphatic rings. The van der Waals surface area contributed by atoms with Gasteiger partial charge >= 0.3 is 6.03 Å². The summed E-state index contributed by atoms with van der Waals surface area (Å²) >= 11 is 0. The fourth-order valence-electron chi connectivity index (χ4n) is 5.48. The van der Waals surface area contributed by atoms with Crippen LogP contribution in [0.1, 0.15) is 42.4 Å². The predicted octanol–water partition coefficient (Wildman–Crippen LogP) is 3.71. The van der Waals surface area contributed by atoms with Crippen molar-refractivity contribution in [1.29, 1.82) is 0 Å². The van der Waals surface area contributed by atoms with Crippen molar-refractivity contribution in [1.82, 2.24) is 10.2 Å². The number of benzene rings is 2. The van der Waals surface area contributed by atoms with Gasteiger partial charge in [-0.1, -0.05) is 60.4 Å². The molecule has 1 saturated carbocycles. The second kappa shape index (κ2) is 9.22. The molecule has 0 spiro atoms. The van der Waals surface area contributed by atoms with Crippen molar-refractivity contribution < 1.29 is 19.1 Å². The molecule has 178 valence electrons. The van der Waals surface area contributed by atoms with Crippen molar-refractivity contribution >= 4 is 23.5 Å². The van der Waals surface area contributed by atoms with Gasteiger partial charge in [0.1, 0.15) is 6.54 Å². The standard InChI is InChI=1S/C27H31N3O4/c1-17-7-11-19(12-8-17)15-28-23(31)16-29-24-21-5-3-4-6-22(21)34-25(24)26(32)30(27(29)33)20-13-9-18(2)10-14-20/h7-14,21-22,24-25H,3-6,15-16H2,1-2H3,(H,28,31). The molecule has 2 aliphatic heterocycles. The van der Waals surface area contributed by atoms with Crippen LogP contribution in [0.25, 0.3) is 0 Å². The number of fused-ring (bicyclic) bond motifs is 3. The van der Waals surface area contributed by atoms with Crippen molar-refractivity contribution in [2.45, 2.75) is 64.3 Å². The first kappa shape index (κ1) is 22.6. The third-order valence-corrected chi connectivity index (χ3v) is 7.30. The van der Waals surface area contributed by atoms with E-state index in [9.17, 15) is 14.4 Å². The maximum Gasteiger partial charge on any atom is 0.332 e. The van der Waals surface area contributed by atoms with Crippen molar-refractivity contribution in [3.8, 4) is 0 Å². The summed E-state index contributed by atoms with van der Waals surface area (Å²) in [5.41, 5.74) is 3.69. The van der Waals surface area contributed by atoms with Crippen LogP contribution in [0, 0.1) is 19.8 Å². The number of imide groups is 1. The minimum atomic E-state index is -0.739. The Balaban J connectivity index is 1.39. The summed E-state index contributed by atoms with van der Waals surface area (Å²) in [7, 11) is 0. The van der Waals surface area contributed by atoms with E-state index in [1.807, 2.05) is 50.2 Å². The van der Waals surface area contributed by atoms with Crippen molar-refractivity contribution in [3.05, 3.63) is 65.2 Å².